The molecule has 0 amide bonds. The Morgan fingerprint density at radius 1 is 0.280 bits per heavy atom. The standard InChI is InChI=1S/C48H28O2/c1-2-14-29(15-3-1)44-35-20-6-8-22-37(35)46(38-23-9-7-21-36(38)44)39-27-31(26-30-16-4-5-17-32(30)39)45-47-40(33-18-10-12-24-42(33)49-47)28-41-34-19-11-13-25-43(34)50-48(41)45/h1-28H. The van der Waals surface area contributed by atoms with Crippen LogP contribution in [0.1, 0.15) is 0 Å². The quantitative estimate of drug-likeness (QED) is 0.180. The van der Waals surface area contributed by atoms with E-state index in [1.807, 2.05) is 12.1 Å². The lowest BCUT2D eigenvalue weighted by Crippen LogP contribution is -1.92. The summed E-state index contributed by atoms with van der Waals surface area (Å²) in [5.41, 5.74) is 10.4. The Bertz CT molecular complexity index is 3000. The highest BCUT2D eigenvalue weighted by Gasteiger charge is 2.24. The average Bonchev–Trinajstić information content (AvgIpc) is 3.74. The van der Waals surface area contributed by atoms with Crippen LogP contribution in [0, 0.1) is 0 Å². The highest BCUT2D eigenvalue weighted by atomic mass is 16.3. The lowest BCUT2D eigenvalue weighted by Gasteiger charge is -2.19. The molecule has 232 valence electrons. The molecule has 11 aromatic rings. The van der Waals surface area contributed by atoms with Crippen LogP contribution in [0.25, 0.3) is 110 Å². The molecule has 0 atom stereocenters. The molecule has 0 aliphatic carbocycles. The summed E-state index contributed by atoms with van der Waals surface area (Å²) in [6.07, 6.45) is 0. The van der Waals surface area contributed by atoms with Crippen molar-refractivity contribution in [1.82, 2.24) is 0 Å². The summed E-state index contributed by atoms with van der Waals surface area (Å²) in [5.74, 6) is 0. The first-order chi connectivity index (χ1) is 24.8. The molecular weight excluding hydrogens is 609 g/mol. The van der Waals surface area contributed by atoms with Crippen molar-refractivity contribution in [3.63, 3.8) is 0 Å². The zero-order valence-corrected chi connectivity index (χ0v) is 27.0. The predicted octanol–water partition coefficient (Wildman–Crippen LogP) is 13.9. The van der Waals surface area contributed by atoms with Gasteiger partial charge in [-0.15, -0.1) is 0 Å². The van der Waals surface area contributed by atoms with Crippen molar-refractivity contribution in [2.24, 2.45) is 0 Å². The summed E-state index contributed by atoms with van der Waals surface area (Å²) in [4.78, 5) is 0. The molecule has 0 saturated carbocycles. The zero-order chi connectivity index (χ0) is 32.8. The van der Waals surface area contributed by atoms with Crippen molar-refractivity contribution in [1.29, 1.82) is 0 Å². The third-order valence-corrected chi connectivity index (χ3v) is 10.4. The third kappa shape index (κ3) is 3.85. The van der Waals surface area contributed by atoms with E-state index in [2.05, 4.69) is 158 Å². The van der Waals surface area contributed by atoms with Crippen LogP contribution in [-0.2, 0) is 0 Å². The van der Waals surface area contributed by atoms with E-state index in [-0.39, 0.29) is 0 Å². The van der Waals surface area contributed by atoms with Gasteiger partial charge in [-0.25, -0.2) is 0 Å². The topological polar surface area (TPSA) is 26.3 Å². The molecule has 11 rings (SSSR count). The molecule has 0 fully saturated rings. The maximum absolute atomic E-state index is 6.74. The first kappa shape index (κ1) is 27.3. The molecule has 0 spiro atoms. The Hall–Kier alpha value is -6.64. The van der Waals surface area contributed by atoms with Crippen LogP contribution in [0.4, 0.5) is 0 Å². The first-order valence-corrected chi connectivity index (χ1v) is 17.1. The maximum atomic E-state index is 6.74. The molecule has 0 bridgehead atoms. The monoisotopic (exact) mass is 636 g/mol. The van der Waals surface area contributed by atoms with Gasteiger partial charge in [0.25, 0.3) is 0 Å². The summed E-state index contributed by atoms with van der Waals surface area (Å²) in [6, 6.07) is 60.8. The van der Waals surface area contributed by atoms with Crippen molar-refractivity contribution < 1.29 is 8.83 Å². The van der Waals surface area contributed by atoms with Gasteiger partial charge < -0.3 is 8.83 Å². The molecule has 9 aromatic carbocycles. The number of fused-ring (bicyclic) bond motifs is 9. The largest absolute Gasteiger partial charge is 0.455 e. The summed E-state index contributed by atoms with van der Waals surface area (Å²) in [7, 11) is 0. The normalized spacial score (nSPS) is 12.0. The predicted molar refractivity (Wildman–Crippen MR) is 210 cm³/mol. The minimum absolute atomic E-state index is 0.841. The van der Waals surface area contributed by atoms with Gasteiger partial charge in [0.15, 0.2) is 0 Å². The zero-order valence-electron chi connectivity index (χ0n) is 27.0. The van der Waals surface area contributed by atoms with Gasteiger partial charge in [-0.3, -0.25) is 0 Å². The molecule has 0 N–H and O–H groups in total. The lowest BCUT2D eigenvalue weighted by atomic mass is 9.83. The fourth-order valence-corrected chi connectivity index (χ4v) is 8.29. The number of hydrogen-bond donors (Lipinski definition) is 0. The van der Waals surface area contributed by atoms with Crippen LogP contribution in [0.3, 0.4) is 0 Å². The summed E-state index contributed by atoms with van der Waals surface area (Å²) < 4.78 is 13.5. The average molecular weight is 637 g/mol. The molecule has 0 aliphatic heterocycles. The van der Waals surface area contributed by atoms with Gasteiger partial charge in [-0.05, 0) is 90.5 Å². The van der Waals surface area contributed by atoms with Crippen molar-refractivity contribution in [3.8, 4) is 33.4 Å². The van der Waals surface area contributed by atoms with Gasteiger partial charge >= 0.3 is 0 Å². The molecule has 2 heteroatoms. The molecule has 0 radical (unpaired) electrons. The maximum Gasteiger partial charge on any atom is 0.147 e. The van der Waals surface area contributed by atoms with E-state index in [0.717, 1.165) is 60.4 Å². The van der Waals surface area contributed by atoms with Crippen LogP contribution in [0.2, 0.25) is 0 Å². The molecule has 0 saturated heterocycles. The van der Waals surface area contributed by atoms with E-state index in [1.54, 1.807) is 0 Å². The van der Waals surface area contributed by atoms with Crippen LogP contribution < -0.4 is 0 Å². The van der Waals surface area contributed by atoms with E-state index in [0.29, 0.717) is 0 Å². The number of benzene rings is 9. The fourth-order valence-electron chi connectivity index (χ4n) is 8.29. The number of para-hydroxylation sites is 2. The summed E-state index contributed by atoms with van der Waals surface area (Å²) in [5, 5.41) is 11.7. The second-order valence-electron chi connectivity index (χ2n) is 13.2. The highest BCUT2D eigenvalue weighted by molar-refractivity contribution is 6.26. The van der Waals surface area contributed by atoms with Crippen LogP contribution >= 0.6 is 0 Å². The lowest BCUT2D eigenvalue weighted by molar-refractivity contribution is 0.658. The molecule has 0 aliphatic rings. The van der Waals surface area contributed by atoms with Gasteiger partial charge in [0, 0.05) is 21.5 Å². The Morgan fingerprint density at radius 2 is 0.740 bits per heavy atom. The minimum Gasteiger partial charge on any atom is -0.455 e. The Kier molecular flexibility index (Phi) is 5.70. The summed E-state index contributed by atoms with van der Waals surface area (Å²) in [6.45, 7) is 0. The van der Waals surface area contributed by atoms with Gasteiger partial charge in [0.2, 0.25) is 0 Å². The van der Waals surface area contributed by atoms with E-state index in [4.69, 9.17) is 8.83 Å². The van der Waals surface area contributed by atoms with Crippen LogP contribution in [0.15, 0.2) is 179 Å². The van der Waals surface area contributed by atoms with E-state index in [1.165, 1.54) is 49.2 Å². The molecule has 50 heavy (non-hydrogen) atoms. The minimum atomic E-state index is 0.841. The van der Waals surface area contributed by atoms with E-state index in [9.17, 15) is 0 Å². The second-order valence-corrected chi connectivity index (χ2v) is 13.2. The fraction of sp³-hybridized carbons (Fsp3) is 0. The van der Waals surface area contributed by atoms with Crippen molar-refractivity contribution in [2.45, 2.75) is 0 Å². The molecule has 2 heterocycles. The number of furan rings is 2. The highest BCUT2D eigenvalue weighted by Crippen LogP contribution is 2.49. The SMILES string of the molecule is c1ccc(-c2c3ccccc3c(-c3cc(-c4c5oc6ccccc6c5cc5c4oc4ccccc45)cc4ccccc34)c3ccccc23)cc1. The van der Waals surface area contributed by atoms with Crippen molar-refractivity contribution in [3.05, 3.63) is 170 Å². The Morgan fingerprint density at radius 3 is 1.32 bits per heavy atom. The Balaban J connectivity index is 1.32. The first-order valence-electron chi connectivity index (χ1n) is 17.1. The molecule has 0 unspecified atom stereocenters. The second kappa shape index (κ2) is 10.4. The smallest absolute Gasteiger partial charge is 0.147 e. The van der Waals surface area contributed by atoms with Crippen molar-refractivity contribution >= 4 is 76.2 Å². The van der Waals surface area contributed by atoms with Crippen LogP contribution in [0.5, 0.6) is 0 Å². The molecular formula is C48H28O2. The number of hydrogen-bond acceptors (Lipinski definition) is 2. The van der Waals surface area contributed by atoms with E-state index >= 15 is 0 Å². The van der Waals surface area contributed by atoms with Gasteiger partial charge in [0.1, 0.15) is 22.3 Å². The molecule has 2 nitrogen and oxygen atoms in total. The van der Waals surface area contributed by atoms with Gasteiger partial charge in [-0.1, -0.05) is 140 Å². The van der Waals surface area contributed by atoms with Gasteiger partial charge in [-0.2, -0.15) is 0 Å². The number of rotatable bonds is 3. The van der Waals surface area contributed by atoms with Crippen LogP contribution in [-0.4, -0.2) is 0 Å². The Labute approximate surface area is 287 Å². The third-order valence-electron chi connectivity index (χ3n) is 10.4. The molecule has 2 aromatic heterocycles. The summed E-state index contributed by atoms with van der Waals surface area (Å²) >= 11 is 0. The van der Waals surface area contributed by atoms with Crippen molar-refractivity contribution in [2.75, 3.05) is 0 Å². The van der Waals surface area contributed by atoms with Gasteiger partial charge in [0.05, 0.1) is 5.56 Å². The van der Waals surface area contributed by atoms with E-state index < -0.39 is 0 Å².